The SMILES string of the molecule is O=c1[nH]ncc(NC2CCNC2)c1Cl. The molecule has 0 amide bonds. The molecular formula is C8H11ClN4O. The van der Waals surface area contributed by atoms with Gasteiger partial charge in [0.05, 0.1) is 11.9 Å². The first-order valence-corrected chi connectivity index (χ1v) is 4.85. The normalized spacial score (nSPS) is 21.1. The molecule has 2 heterocycles. The molecule has 1 aliphatic rings. The van der Waals surface area contributed by atoms with Gasteiger partial charge in [0.25, 0.3) is 5.56 Å². The van der Waals surface area contributed by atoms with Crippen molar-refractivity contribution in [3.8, 4) is 0 Å². The number of H-pyrrole nitrogens is 1. The van der Waals surface area contributed by atoms with E-state index in [1.165, 1.54) is 6.20 Å². The molecule has 0 bridgehead atoms. The van der Waals surface area contributed by atoms with Crippen LogP contribution in [-0.2, 0) is 0 Å². The van der Waals surface area contributed by atoms with Crippen molar-refractivity contribution in [2.24, 2.45) is 0 Å². The van der Waals surface area contributed by atoms with Crippen molar-refractivity contribution in [2.45, 2.75) is 12.5 Å². The molecule has 3 N–H and O–H groups in total. The lowest BCUT2D eigenvalue weighted by Gasteiger charge is -2.12. The van der Waals surface area contributed by atoms with E-state index in [0.717, 1.165) is 19.5 Å². The molecule has 2 rings (SSSR count). The van der Waals surface area contributed by atoms with Crippen molar-refractivity contribution >= 4 is 17.3 Å². The maximum absolute atomic E-state index is 11.1. The Labute approximate surface area is 85.9 Å². The van der Waals surface area contributed by atoms with Crippen molar-refractivity contribution in [1.29, 1.82) is 0 Å². The van der Waals surface area contributed by atoms with Crippen molar-refractivity contribution < 1.29 is 0 Å². The van der Waals surface area contributed by atoms with Crippen LogP contribution in [0.4, 0.5) is 5.69 Å². The summed E-state index contributed by atoms with van der Waals surface area (Å²) in [4.78, 5) is 11.1. The molecule has 1 fully saturated rings. The maximum Gasteiger partial charge on any atom is 0.285 e. The summed E-state index contributed by atoms with van der Waals surface area (Å²) in [6.45, 7) is 1.88. The van der Waals surface area contributed by atoms with E-state index in [1.807, 2.05) is 0 Å². The standard InChI is InChI=1S/C8H11ClN4O/c9-7-6(4-11-13-8(7)14)12-5-1-2-10-3-5/h4-5,10H,1-3H2,(H2,12,13,14). The number of nitrogens with zero attached hydrogens (tertiary/aromatic N) is 1. The zero-order valence-corrected chi connectivity index (χ0v) is 8.27. The van der Waals surface area contributed by atoms with Gasteiger partial charge in [-0.1, -0.05) is 11.6 Å². The Balaban J connectivity index is 2.15. The summed E-state index contributed by atoms with van der Waals surface area (Å²) in [5.74, 6) is 0. The highest BCUT2D eigenvalue weighted by atomic mass is 35.5. The van der Waals surface area contributed by atoms with E-state index in [0.29, 0.717) is 11.7 Å². The maximum atomic E-state index is 11.1. The smallest absolute Gasteiger partial charge is 0.285 e. The third kappa shape index (κ3) is 1.88. The summed E-state index contributed by atoms with van der Waals surface area (Å²) in [7, 11) is 0. The number of nitrogens with one attached hydrogen (secondary N) is 3. The Hall–Kier alpha value is -1.07. The van der Waals surface area contributed by atoms with Crippen LogP contribution in [0.2, 0.25) is 5.02 Å². The predicted molar refractivity (Wildman–Crippen MR) is 54.8 cm³/mol. The number of rotatable bonds is 2. The minimum absolute atomic E-state index is 0.173. The van der Waals surface area contributed by atoms with Gasteiger partial charge in [-0.05, 0) is 13.0 Å². The van der Waals surface area contributed by atoms with E-state index in [1.54, 1.807) is 0 Å². The number of hydrogen-bond acceptors (Lipinski definition) is 4. The molecule has 0 spiro atoms. The van der Waals surface area contributed by atoms with Crippen molar-refractivity contribution in [2.75, 3.05) is 18.4 Å². The van der Waals surface area contributed by atoms with Crippen LogP contribution in [0.15, 0.2) is 11.0 Å². The van der Waals surface area contributed by atoms with Crippen LogP contribution in [0, 0.1) is 0 Å². The summed E-state index contributed by atoms with van der Waals surface area (Å²) >= 11 is 5.80. The van der Waals surface area contributed by atoms with Crippen molar-refractivity contribution in [3.63, 3.8) is 0 Å². The summed E-state index contributed by atoms with van der Waals surface area (Å²) in [5, 5.41) is 12.5. The lowest BCUT2D eigenvalue weighted by Crippen LogP contribution is -2.24. The van der Waals surface area contributed by atoms with E-state index < -0.39 is 0 Å². The average molecular weight is 215 g/mol. The van der Waals surface area contributed by atoms with E-state index in [4.69, 9.17) is 11.6 Å². The first-order chi connectivity index (χ1) is 6.77. The predicted octanol–water partition coefficient (Wildman–Crippen LogP) is 0.197. The largest absolute Gasteiger partial charge is 0.378 e. The summed E-state index contributed by atoms with van der Waals surface area (Å²) in [6.07, 6.45) is 2.56. The fourth-order valence-corrected chi connectivity index (χ4v) is 1.63. The van der Waals surface area contributed by atoms with Crippen LogP contribution in [0.5, 0.6) is 0 Å². The first kappa shape index (κ1) is 9.48. The Kier molecular flexibility index (Phi) is 2.69. The number of hydrogen-bond donors (Lipinski definition) is 3. The van der Waals surface area contributed by atoms with E-state index in [2.05, 4.69) is 20.8 Å². The summed E-state index contributed by atoms with van der Waals surface area (Å²) < 4.78 is 0. The second-order valence-electron chi connectivity index (χ2n) is 3.26. The van der Waals surface area contributed by atoms with Crippen molar-refractivity contribution in [3.05, 3.63) is 21.6 Å². The molecule has 0 saturated carbocycles. The minimum Gasteiger partial charge on any atom is -0.378 e. The minimum atomic E-state index is -0.359. The van der Waals surface area contributed by atoms with Crippen LogP contribution >= 0.6 is 11.6 Å². The second kappa shape index (κ2) is 3.98. The third-order valence-corrected chi connectivity index (χ3v) is 2.59. The highest BCUT2D eigenvalue weighted by Crippen LogP contribution is 2.16. The average Bonchev–Trinajstić information content (AvgIpc) is 2.66. The molecule has 0 aromatic carbocycles. The van der Waals surface area contributed by atoms with Gasteiger partial charge < -0.3 is 10.6 Å². The zero-order valence-electron chi connectivity index (χ0n) is 7.51. The van der Waals surface area contributed by atoms with Crippen molar-refractivity contribution in [1.82, 2.24) is 15.5 Å². The number of anilines is 1. The van der Waals surface area contributed by atoms with Gasteiger partial charge >= 0.3 is 0 Å². The molecule has 1 atom stereocenters. The topological polar surface area (TPSA) is 69.8 Å². The van der Waals surface area contributed by atoms with Crippen LogP contribution in [-0.4, -0.2) is 29.3 Å². The molecule has 14 heavy (non-hydrogen) atoms. The molecule has 1 aliphatic heterocycles. The monoisotopic (exact) mass is 214 g/mol. The molecule has 1 saturated heterocycles. The Bertz CT molecular complexity index is 372. The molecule has 0 radical (unpaired) electrons. The molecule has 1 unspecified atom stereocenters. The molecule has 1 aromatic heterocycles. The fourth-order valence-electron chi connectivity index (χ4n) is 1.48. The Morgan fingerprint density at radius 2 is 2.50 bits per heavy atom. The second-order valence-corrected chi connectivity index (χ2v) is 3.64. The van der Waals surface area contributed by atoms with E-state index in [-0.39, 0.29) is 10.6 Å². The molecule has 76 valence electrons. The van der Waals surface area contributed by atoms with Gasteiger partial charge in [-0.2, -0.15) is 5.10 Å². The third-order valence-electron chi connectivity index (χ3n) is 2.22. The van der Waals surface area contributed by atoms with Gasteiger partial charge in [0, 0.05) is 12.6 Å². The van der Waals surface area contributed by atoms with Crippen LogP contribution in [0.3, 0.4) is 0 Å². The molecule has 1 aromatic rings. The quantitative estimate of drug-likeness (QED) is 0.658. The fraction of sp³-hybridized carbons (Fsp3) is 0.500. The van der Waals surface area contributed by atoms with Gasteiger partial charge in [-0.3, -0.25) is 4.79 Å². The zero-order chi connectivity index (χ0) is 9.97. The molecule has 6 heteroatoms. The summed E-state index contributed by atoms with van der Waals surface area (Å²) in [5.41, 5.74) is 0.242. The molecular weight excluding hydrogens is 204 g/mol. The Morgan fingerprint density at radius 3 is 3.21 bits per heavy atom. The van der Waals surface area contributed by atoms with Crippen LogP contribution in [0.1, 0.15) is 6.42 Å². The van der Waals surface area contributed by atoms with Crippen LogP contribution in [0.25, 0.3) is 0 Å². The molecule has 0 aliphatic carbocycles. The van der Waals surface area contributed by atoms with E-state index in [9.17, 15) is 4.79 Å². The van der Waals surface area contributed by atoms with E-state index >= 15 is 0 Å². The molecule has 5 nitrogen and oxygen atoms in total. The lowest BCUT2D eigenvalue weighted by atomic mass is 10.2. The highest BCUT2D eigenvalue weighted by Gasteiger charge is 2.15. The van der Waals surface area contributed by atoms with Gasteiger partial charge in [0.1, 0.15) is 5.02 Å². The lowest BCUT2D eigenvalue weighted by molar-refractivity contribution is 0.790. The number of halogens is 1. The Morgan fingerprint density at radius 1 is 1.64 bits per heavy atom. The van der Waals surface area contributed by atoms with Gasteiger partial charge in [-0.25, -0.2) is 5.10 Å². The van der Waals surface area contributed by atoms with Gasteiger partial charge in [-0.15, -0.1) is 0 Å². The number of aromatic amines is 1. The highest BCUT2D eigenvalue weighted by molar-refractivity contribution is 6.32. The van der Waals surface area contributed by atoms with Crippen LogP contribution < -0.4 is 16.2 Å². The number of aromatic nitrogens is 2. The summed E-state index contributed by atoms with van der Waals surface area (Å²) in [6, 6.07) is 0.330. The van der Waals surface area contributed by atoms with Gasteiger partial charge in [0.15, 0.2) is 0 Å². The van der Waals surface area contributed by atoms with Gasteiger partial charge in [0.2, 0.25) is 0 Å². The first-order valence-electron chi connectivity index (χ1n) is 4.48.